The first kappa shape index (κ1) is 24.2. The fraction of sp³-hybridized carbons (Fsp3) is 0.793. The second kappa shape index (κ2) is 8.10. The molecule has 3 nitrogen and oxygen atoms in total. The van der Waals surface area contributed by atoms with Gasteiger partial charge in [0.15, 0.2) is 0 Å². The summed E-state index contributed by atoms with van der Waals surface area (Å²) in [5, 5.41) is 34.1. The van der Waals surface area contributed by atoms with Gasteiger partial charge in [0.05, 0.1) is 17.8 Å². The van der Waals surface area contributed by atoms with E-state index in [1.165, 1.54) is 11.1 Å². The van der Waals surface area contributed by atoms with Crippen LogP contribution in [-0.2, 0) is 0 Å². The van der Waals surface area contributed by atoms with E-state index in [9.17, 15) is 15.3 Å². The first-order valence-electron chi connectivity index (χ1n) is 13.1. The monoisotopic (exact) mass is 442 g/mol. The zero-order valence-electron chi connectivity index (χ0n) is 21.1. The van der Waals surface area contributed by atoms with Gasteiger partial charge in [-0.25, -0.2) is 0 Å². The smallest absolute Gasteiger partial charge is 0.0919 e. The molecule has 0 aromatic carbocycles. The Morgan fingerprint density at radius 1 is 1.06 bits per heavy atom. The molecule has 4 rings (SSSR count). The highest BCUT2D eigenvalue weighted by Crippen LogP contribution is 2.67. The maximum Gasteiger partial charge on any atom is 0.0919 e. The van der Waals surface area contributed by atoms with Crippen molar-refractivity contribution >= 4 is 0 Å². The lowest BCUT2D eigenvalue weighted by molar-refractivity contribution is -0.131. The Kier molecular flexibility index (Phi) is 6.13. The molecule has 4 aliphatic rings. The molecule has 32 heavy (non-hydrogen) atoms. The second-order valence-corrected chi connectivity index (χ2v) is 12.5. The summed E-state index contributed by atoms with van der Waals surface area (Å²) in [6, 6.07) is 0. The molecule has 3 N–H and O–H groups in total. The summed E-state index contributed by atoms with van der Waals surface area (Å²) in [6.45, 7) is 19.9. The summed E-state index contributed by atoms with van der Waals surface area (Å²) in [5.74, 6) is 1.64. The van der Waals surface area contributed by atoms with Crippen LogP contribution in [0.1, 0.15) is 92.4 Å². The number of aliphatic hydroxyl groups is 3. The topological polar surface area (TPSA) is 60.7 Å². The molecule has 0 aromatic heterocycles. The number of hydrogen-bond donors (Lipinski definition) is 3. The summed E-state index contributed by atoms with van der Waals surface area (Å²) >= 11 is 0. The molecule has 0 aliphatic heterocycles. The van der Waals surface area contributed by atoms with Gasteiger partial charge in [-0.15, -0.1) is 0 Å². The Morgan fingerprint density at radius 3 is 2.41 bits per heavy atom. The van der Waals surface area contributed by atoms with Crippen molar-refractivity contribution in [3.63, 3.8) is 0 Å². The van der Waals surface area contributed by atoms with Crippen LogP contribution in [0.4, 0.5) is 0 Å². The molecule has 0 amide bonds. The largest absolute Gasteiger partial charge is 0.389 e. The van der Waals surface area contributed by atoms with Crippen molar-refractivity contribution in [2.75, 3.05) is 0 Å². The zero-order valence-corrected chi connectivity index (χ0v) is 21.1. The van der Waals surface area contributed by atoms with Gasteiger partial charge in [0.1, 0.15) is 0 Å². The highest BCUT2D eigenvalue weighted by molar-refractivity contribution is 5.44. The molecular weight excluding hydrogens is 396 g/mol. The number of rotatable bonds is 5. The van der Waals surface area contributed by atoms with E-state index < -0.39 is 17.8 Å². The molecule has 3 saturated carbocycles. The maximum atomic E-state index is 12.3. The maximum absolute atomic E-state index is 12.3. The number of aliphatic hydroxyl groups excluding tert-OH is 2. The van der Waals surface area contributed by atoms with Gasteiger partial charge in [-0.2, -0.15) is 0 Å². The first-order valence-corrected chi connectivity index (χ1v) is 13.1. The fourth-order valence-electron chi connectivity index (χ4n) is 8.34. The van der Waals surface area contributed by atoms with E-state index in [2.05, 4.69) is 47.8 Å². The third-order valence-electron chi connectivity index (χ3n) is 10.7. The van der Waals surface area contributed by atoms with E-state index in [1.807, 2.05) is 0 Å². The summed E-state index contributed by atoms with van der Waals surface area (Å²) in [4.78, 5) is 0. The average molecular weight is 443 g/mol. The van der Waals surface area contributed by atoms with E-state index in [0.717, 1.165) is 62.5 Å². The van der Waals surface area contributed by atoms with Gasteiger partial charge < -0.3 is 15.3 Å². The van der Waals surface area contributed by atoms with Gasteiger partial charge in [0.2, 0.25) is 0 Å². The van der Waals surface area contributed by atoms with Crippen molar-refractivity contribution < 1.29 is 15.3 Å². The van der Waals surface area contributed by atoms with Gasteiger partial charge >= 0.3 is 0 Å². The van der Waals surface area contributed by atoms with Crippen LogP contribution < -0.4 is 0 Å². The highest BCUT2D eigenvalue weighted by Gasteiger charge is 2.64. The minimum Gasteiger partial charge on any atom is -0.389 e. The molecule has 0 bridgehead atoms. The summed E-state index contributed by atoms with van der Waals surface area (Å²) in [7, 11) is 0. The molecule has 8 unspecified atom stereocenters. The van der Waals surface area contributed by atoms with Crippen molar-refractivity contribution in [3.05, 3.63) is 35.5 Å². The minimum absolute atomic E-state index is 0.0338. The van der Waals surface area contributed by atoms with Crippen LogP contribution in [0.2, 0.25) is 0 Å². The van der Waals surface area contributed by atoms with Crippen LogP contribution in [0.25, 0.3) is 0 Å². The summed E-state index contributed by atoms with van der Waals surface area (Å²) < 4.78 is 0. The average Bonchev–Trinajstić information content (AvgIpc) is 3.01. The predicted molar refractivity (Wildman–Crippen MR) is 131 cm³/mol. The van der Waals surface area contributed by atoms with Crippen molar-refractivity contribution in [2.45, 2.75) is 110 Å². The molecule has 180 valence electrons. The second-order valence-electron chi connectivity index (χ2n) is 12.5. The van der Waals surface area contributed by atoms with Crippen LogP contribution in [-0.4, -0.2) is 33.1 Å². The van der Waals surface area contributed by atoms with Gasteiger partial charge in [-0.1, -0.05) is 53.3 Å². The van der Waals surface area contributed by atoms with E-state index in [-0.39, 0.29) is 16.7 Å². The summed E-state index contributed by atoms with van der Waals surface area (Å²) in [6.07, 6.45) is 7.01. The lowest BCUT2D eigenvalue weighted by Gasteiger charge is -2.61. The first-order chi connectivity index (χ1) is 14.9. The van der Waals surface area contributed by atoms with Crippen LogP contribution in [0.15, 0.2) is 35.5 Å². The lowest BCUT2D eigenvalue weighted by atomic mass is 9.45. The highest BCUT2D eigenvalue weighted by atomic mass is 16.3. The van der Waals surface area contributed by atoms with Crippen LogP contribution in [0.3, 0.4) is 0 Å². The number of allylic oxidation sites excluding steroid dienone is 1. The minimum atomic E-state index is -0.890. The van der Waals surface area contributed by atoms with Crippen LogP contribution >= 0.6 is 0 Å². The Morgan fingerprint density at radius 2 is 1.75 bits per heavy atom. The molecule has 8 atom stereocenters. The molecule has 3 heteroatoms. The van der Waals surface area contributed by atoms with Crippen LogP contribution in [0, 0.1) is 34.5 Å². The van der Waals surface area contributed by atoms with Crippen molar-refractivity contribution in [1.29, 1.82) is 0 Å². The molecule has 4 aliphatic carbocycles. The third-order valence-corrected chi connectivity index (χ3v) is 10.7. The van der Waals surface area contributed by atoms with Gasteiger partial charge in [0, 0.05) is 5.41 Å². The SMILES string of the molecule is C=C(CCC(C)C1CC(O)C2=C3CCC4C(=C)C(O)CCC4(C)C3(O)CCC21C)C(C)C. The van der Waals surface area contributed by atoms with E-state index in [0.29, 0.717) is 24.2 Å². The predicted octanol–water partition coefficient (Wildman–Crippen LogP) is 5.95. The van der Waals surface area contributed by atoms with Crippen molar-refractivity contribution in [2.24, 2.45) is 34.5 Å². The molecular formula is C29H46O3. The number of fused-ring (bicyclic) bond motifs is 4. The zero-order chi connectivity index (χ0) is 23.6. The van der Waals surface area contributed by atoms with Crippen molar-refractivity contribution in [1.82, 2.24) is 0 Å². The molecule has 3 fully saturated rings. The Balaban J connectivity index is 1.66. The fourth-order valence-corrected chi connectivity index (χ4v) is 8.34. The van der Waals surface area contributed by atoms with Crippen molar-refractivity contribution in [3.8, 4) is 0 Å². The van der Waals surface area contributed by atoms with Gasteiger partial charge in [-0.05, 0) is 104 Å². The normalized spacial score (nSPS) is 44.8. The Labute approximate surface area is 195 Å². The Bertz CT molecular complexity index is 824. The summed E-state index contributed by atoms with van der Waals surface area (Å²) in [5.41, 5.74) is 3.32. The quantitative estimate of drug-likeness (QED) is 0.461. The molecule has 0 spiro atoms. The lowest BCUT2D eigenvalue weighted by Crippen LogP contribution is -2.60. The number of hydrogen-bond acceptors (Lipinski definition) is 3. The van der Waals surface area contributed by atoms with Gasteiger partial charge in [-0.3, -0.25) is 0 Å². The third kappa shape index (κ3) is 3.33. The molecule has 0 saturated heterocycles. The van der Waals surface area contributed by atoms with E-state index >= 15 is 0 Å². The Hall–Kier alpha value is -0.900. The van der Waals surface area contributed by atoms with Crippen LogP contribution in [0.5, 0.6) is 0 Å². The van der Waals surface area contributed by atoms with E-state index in [4.69, 9.17) is 0 Å². The molecule has 0 aromatic rings. The molecule has 0 radical (unpaired) electrons. The van der Waals surface area contributed by atoms with Gasteiger partial charge in [0.25, 0.3) is 0 Å². The standard InChI is InChI=1S/C29H46O3/c1-17(2)18(3)8-9-19(4)23-16-25(31)26-22-11-10-21-20(5)24(30)12-13-28(21,7)29(22,32)15-14-27(23,26)6/h17,19,21,23-25,30-32H,3,5,8-16H2,1-2,4,6-7H3. The molecule has 0 heterocycles. The van der Waals surface area contributed by atoms with E-state index in [1.54, 1.807) is 0 Å².